The van der Waals surface area contributed by atoms with Crippen LogP contribution in [0.15, 0.2) is 57.8 Å². The standard InChI is InChI=1S/C19H19N3O6S/c1-13-6-8-14(9-7-13)29(25,26)21-10-17(23)20-11-19(24)27-12-18-22-15-4-2-3-5-16(15)28-18/h2-9,21H,10-12H2,1H3,(H,20,23). The molecule has 0 fully saturated rings. The van der Waals surface area contributed by atoms with Crippen LogP contribution in [0.25, 0.3) is 11.1 Å². The number of nitrogens with one attached hydrogen (secondary N) is 2. The lowest BCUT2D eigenvalue weighted by Gasteiger charge is -2.08. The molecule has 0 atom stereocenters. The molecule has 1 amide bonds. The number of aromatic nitrogens is 1. The van der Waals surface area contributed by atoms with Crippen molar-refractivity contribution in [1.82, 2.24) is 15.0 Å². The predicted octanol–water partition coefficient (Wildman–Crippen LogP) is 1.27. The van der Waals surface area contributed by atoms with Gasteiger partial charge in [0.15, 0.2) is 12.2 Å². The van der Waals surface area contributed by atoms with Crippen LogP contribution in [0, 0.1) is 6.92 Å². The molecular weight excluding hydrogens is 398 g/mol. The molecule has 3 aromatic rings. The maximum absolute atomic E-state index is 12.1. The highest BCUT2D eigenvalue weighted by atomic mass is 32.2. The minimum atomic E-state index is -3.82. The monoisotopic (exact) mass is 417 g/mol. The molecule has 0 radical (unpaired) electrons. The first-order valence-electron chi connectivity index (χ1n) is 8.66. The molecule has 2 N–H and O–H groups in total. The number of fused-ring (bicyclic) bond motifs is 1. The summed E-state index contributed by atoms with van der Waals surface area (Å²) in [5, 5.41) is 2.29. The van der Waals surface area contributed by atoms with Crippen molar-refractivity contribution in [3.63, 3.8) is 0 Å². The van der Waals surface area contributed by atoms with E-state index in [0.29, 0.717) is 11.1 Å². The number of carbonyl (C=O) groups is 2. The number of nitrogens with zero attached hydrogens (tertiary/aromatic N) is 1. The van der Waals surface area contributed by atoms with Gasteiger partial charge in [-0.25, -0.2) is 18.1 Å². The van der Waals surface area contributed by atoms with Crippen molar-refractivity contribution in [3.8, 4) is 0 Å². The number of amides is 1. The Kier molecular flexibility index (Phi) is 6.25. The molecule has 0 aliphatic rings. The summed E-state index contributed by atoms with van der Waals surface area (Å²) < 4.78 is 36.8. The average Bonchev–Trinajstić information content (AvgIpc) is 3.12. The Balaban J connectivity index is 1.41. The number of ether oxygens (including phenoxy) is 1. The molecule has 2 aromatic carbocycles. The second kappa shape index (κ2) is 8.84. The van der Waals surface area contributed by atoms with Crippen LogP contribution in [0.4, 0.5) is 0 Å². The summed E-state index contributed by atoms with van der Waals surface area (Å²) in [6.07, 6.45) is 0. The third-order valence-electron chi connectivity index (χ3n) is 3.88. The molecule has 0 unspecified atom stereocenters. The van der Waals surface area contributed by atoms with E-state index in [4.69, 9.17) is 9.15 Å². The number of hydrogen-bond donors (Lipinski definition) is 2. The molecule has 29 heavy (non-hydrogen) atoms. The lowest BCUT2D eigenvalue weighted by molar-refractivity contribution is -0.145. The fourth-order valence-corrected chi connectivity index (χ4v) is 3.35. The SMILES string of the molecule is Cc1ccc(S(=O)(=O)NCC(=O)NCC(=O)OCc2nc3ccccc3o2)cc1. The molecule has 0 bridgehead atoms. The fraction of sp³-hybridized carbons (Fsp3) is 0.211. The van der Waals surface area contributed by atoms with Crippen molar-refractivity contribution < 1.29 is 27.2 Å². The fourth-order valence-electron chi connectivity index (χ4n) is 2.37. The Bertz CT molecular complexity index is 1090. The Hall–Kier alpha value is -3.24. The van der Waals surface area contributed by atoms with E-state index in [1.807, 2.05) is 13.0 Å². The van der Waals surface area contributed by atoms with Gasteiger partial charge in [-0.1, -0.05) is 29.8 Å². The van der Waals surface area contributed by atoms with Crippen molar-refractivity contribution >= 4 is 33.0 Å². The van der Waals surface area contributed by atoms with Gasteiger partial charge in [-0.3, -0.25) is 9.59 Å². The Morgan fingerprint density at radius 3 is 2.52 bits per heavy atom. The Labute approximate surface area is 167 Å². The number of rotatable bonds is 8. The van der Waals surface area contributed by atoms with Gasteiger partial charge in [0.25, 0.3) is 0 Å². The van der Waals surface area contributed by atoms with Crippen molar-refractivity contribution in [2.45, 2.75) is 18.4 Å². The van der Waals surface area contributed by atoms with Gasteiger partial charge >= 0.3 is 5.97 Å². The van der Waals surface area contributed by atoms with Crippen LogP contribution in [-0.2, 0) is 31.0 Å². The van der Waals surface area contributed by atoms with E-state index in [-0.39, 0.29) is 17.4 Å². The molecule has 3 rings (SSSR count). The molecule has 152 valence electrons. The van der Waals surface area contributed by atoms with Crippen molar-refractivity contribution in [2.75, 3.05) is 13.1 Å². The van der Waals surface area contributed by atoms with Gasteiger partial charge in [-0.2, -0.15) is 0 Å². The largest absolute Gasteiger partial charge is 0.454 e. The number of aryl methyl sites for hydroxylation is 1. The summed E-state index contributed by atoms with van der Waals surface area (Å²) in [6.45, 7) is 0.740. The maximum Gasteiger partial charge on any atom is 0.325 e. The molecule has 1 aromatic heterocycles. The van der Waals surface area contributed by atoms with Gasteiger partial charge in [0.2, 0.25) is 21.8 Å². The zero-order chi connectivity index (χ0) is 20.9. The van der Waals surface area contributed by atoms with E-state index < -0.39 is 35.0 Å². The minimum absolute atomic E-state index is 0.0497. The van der Waals surface area contributed by atoms with Gasteiger partial charge in [-0.05, 0) is 31.2 Å². The summed E-state index contributed by atoms with van der Waals surface area (Å²) in [7, 11) is -3.82. The molecule has 0 spiro atoms. The van der Waals surface area contributed by atoms with Gasteiger partial charge in [0.05, 0.1) is 11.4 Å². The van der Waals surface area contributed by atoms with Crippen molar-refractivity contribution in [2.24, 2.45) is 0 Å². The van der Waals surface area contributed by atoms with Crippen LogP contribution in [0.2, 0.25) is 0 Å². The second-order valence-corrected chi connectivity index (χ2v) is 7.92. The summed E-state index contributed by atoms with van der Waals surface area (Å²) in [6, 6.07) is 13.3. The van der Waals surface area contributed by atoms with Crippen LogP contribution in [0.5, 0.6) is 0 Å². The molecule has 0 saturated heterocycles. The third kappa shape index (κ3) is 5.62. The summed E-state index contributed by atoms with van der Waals surface area (Å²) in [4.78, 5) is 27.8. The highest BCUT2D eigenvalue weighted by molar-refractivity contribution is 7.89. The third-order valence-corrected chi connectivity index (χ3v) is 5.30. The average molecular weight is 417 g/mol. The highest BCUT2D eigenvalue weighted by Crippen LogP contribution is 2.15. The first kappa shape index (κ1) is 20.5. The van der Waals surface area contributed by atoms with Crippen LogP contribution in [-0.4, -0.2) is 38.4 Å². The highest BCUT2D eigenvalue weighted by Gasteiger charge is 2.16. The number of hydrogen-bond acceptors (Lipinski definition) is 7. The van der Waals surface area contributed by atoms with Crippen LogP contribution in [0.3, 0.4) is 0 Å². The number of oxazole rings is 1. The van der Waals surface area contributed by atoms with E-state index in [1.165, 1.54) is 12.1 Å². The topological polar surface area (TPSA) is 128 Å². The van der Waals surface area contributed by atoms with Crippen molar-refractivity contribution in [1.29, 1.82) is 0 Å². The Morgan fingerprint density at radius 1 is 1.07 bits per heavy atom. The second-order valence-electron chi connectivity index (χ2n) is 6.15. The molecule has 10 heteroatoms. The lowest BCUT2D eigenvalue weighted by atomic mass is 10.2. The predicted molar refractivity (Wildman–Crippen MR) is 103 cm³/mol. The van der Waals surface area contributed by atoms with E-state index in [0.717, 1.165) is 5.56 Å². The normalized spacial score (nSPS) is 11.3. The molecule has 1 heterocycles. The van der Waals surface area contributed by atoms with Gasteiger partial charge in [0, 0.05) is 0 Å². The number of para-hydroxylation sites is 2. The number of sulfonamides is 1. The van der Waals surface area contributed by atoms with Gasteiger partial charge in [0.1, 0.15) is 12.1 Å². The Morgan fingerprint density at radius 2 is 1.79 bits per heavy atom. The quantitative estimate of drug-likeness (QED) is 0.528. The van der Waals surface area contributed by atoms with E-state index in [2.05, 4.69) is 15.0 Å². The lowest BCUT2D eigenvalue weighted by Crippen LogP contribution is -2.39. The molecular formula is C19H19N3O6S. The number of esters is 1. The molecule has 0 saturated carbocycles. The molecule has 9 nitrogen and oxygen atoms in total. The first-order chi connectivity index (χ1) is 13.8. The number of benzene rings is 2. The molecule has 0 aliphatic heterocycles. The van der Waals surface area contributed by atoms with Gasteiger partial charge in [-0.15, -0.1) is 0 Å². The zero-order valence-corrected chi connectivity index (χ0v) is 16.4. The maximum atomic E-state index is 12.1. The summed E-state index contributed by atoms with van der Waals surface area (Å²) in [5.41, 5.74) is 2.14. The van der Waals surface area contributed by atoms with Gasteiger partial charge < -0.3 is 14.5 Å². The summed E-state index contributed by atoms with van der Waals surface area (Å²) >= 11 is 0. The van der Waals surface area contributed by atoms with E-state index >= 15 is 0 Å². The first-order valence-corrected chi connectivity index (χ1v) is 10.1. The van der Waals surface area contributed by atoms with E-state index in [1.54, 1.807) is 30.3 Å². The van der Waals surface area contributed by atoms with Crippen LogP contribution in [0.1, 0.15) is 11.5 Å². The van der Waals surface area contributed by atoms with Crippen molar-refractivity contribution in [3.05, 3.63) is 60.0 Å². The number of carbonyl (C=O) groups excluding carboxylic acids is 2. The van der Waals surface area contributed by atoms with E-state index in [9.17, 15) is 18.0 Å². The smallest absolute Gasteiger partial charge is 0.325 e. The van der Waals surface area contributed by atoms with Crippen LogP contribution < -0.4 is 10.0 Å². The zero-order valence-electron chi connectivity index (χ0n) is 15.5. The minimum Gasteiger partial charge on any atom is -0.454 e. The summed E-state index contributed by atoms with van der Waals surface area (Å²) in [5.74, 6) is -1.14. The van der Waals surface area contributed by atoms with Crippen LogP contribution >= 0.6 is 0 Å². The molecule has 0 aliphatic carbocycles.